The van der Waals surface area contributed by atoms with Gasteiger partial charge in [0.25, 0.3) is 0 Å². The summed E-state index contributed by atoms with van der Waals surface area (Å²) in [6.07, 6.45) is 0.685. The number of carboxylic acids is 1. The molecule has 0 radical (unpaired) electrons. The largest absolute Gasteiger partial charge is 0.480 e. The number of nitrogens with one attached hydrogen (secondary N) is 1. The van der Waals surface area contributed by atoms with Crippen molar-refractivity contribution in [3.63, 3.8) is 0 Å². The van der Waals surface area contributed by atoms with Gasteiger partial charge >= 0.3 is 5.97 Å². The van der Waals surface area contributed by atoms with Gasteiger partial charge in [-0.1, -0.05) is 0 Å². The van der Waals surface area contributed by atoms with Crippen LogP contribution in [0.2, 0.25) is 0 Å². The van der Waals surface area contributed by atoms with E-state index in [4.69, 9.17) is 5.11 Å². The lowest BCUT2D eigenvalue weighted by Crippen LogP contribution is -2.46. The summed E-state index contributed by atoms with van der Waals surface area (Å²) in [6, 6.07) is -0.931. The van der Waals surface area contributed by atoms with Gasteiger partial charge in [-0.2, -0.15) is 0 Å². The van der Waals surface area contributed by atoms with Crippen LogP contribution in [0.15, 0.2) is 5.38 Å². The van der Waals surface area contributed by atoms with E-state index in [9.17, 15) is 14.4 Å². The number of aliphatic carboxylic acids is 1. The topological polar surface area (TPSA) is 99.6 Å². The van der Waals surface area contributed by atoms with Gasteiger partial charge in [-0.3, -0.25) is 9.59 Å². The maximum Gasteiger partial charge on any atom is 0.326 e. The molecule has 22 heavy (non-hydrogen) atoms. The number of nitrogens with zero attached hydrogens (tertiary/aromatic N) is 2. The van der Waals surface area contributed by atoms with Crippen molar-refractivity contribution in [2.75, 3.05) is 13.1 Å². The molecule has 0 aromatic carbocycles. The average Bonchev–Trinajstić information content (AvgIpc) is 2.85. The number of carboxylic acid groups (broad SMARTS) is 1. The zero-order chi connectivity index (χ0) is 16.7. The molecule has 2 amide bonds. The minimum Gasteiger partial charge on any atom is -0.480 e. The summed E-state index contributed by atoms with van der Waals surface area (Å²) < 4.78 is 0. The summed E-state index contributed by atoms with van der Waals surface area (Å²) in [4.78, 5) is 39.8. The Hall–Kier alpha value is -1.96. The normalized spacial score (nSPS) is 11.8. The fourth-order valence-electron chi connectivity index (χ4n) is 1.90. The number of amides is 2. The molecule has 1 aromatic rings. The molecule has 0 saturated heterocycles. The van der Waals surface area contributed by atoms with Crippen LogP contribution >= 0.6 is 11.3 Å². The number of aromatic nitrogens is 1. The summed E-state index contributed by atoms with van der Waals surface area (Å²) in [5, 5.41) is 14.4. The van der Waals surface area contributed by atoms with Crippen molar-refractivity contribution in [1.82, 2.24) is 15.2 Å². The highest BCUT2D eigenvalue weighted by atomic mass is 32.1. The van der Waals surface area contributed by atoms with Crippen molar-refractivity contribution in [3.8, 4) is 0 Å². The van der Waals surface area contributed by atoms with Crippen LogP contribution in [0.3, 0.4) is 0 Å². The predicted molar refractivity (Wildman–Crippen MR) is 82.7 cm³/mol. The minimum atomic E-state index is -1.07. The lowest BCUT2D eigenvalue weighted by Gasteiger charge is -2.26. The zero-order valence-electron chi connectivity index (χ0n) is 13.0. The third-order valence-electron chi connectivity index (χ3n) is 3.09. The van der Waals surface area contributed by atoms with Crippen molar-refractivity contribution in [3.05, 3.63) is 16.1 Å². The maximum absolute atomic E-state index is 12.3. The van der Waals surface area contributed by atoms with Crippen molar-refractivity contribution < 1.29 is 19.5 Å². The Morgan fingerprint density at radius 3 is 2.64 bits per heavy atom. The first-order chi connectivity index (χ1) is 10.3. The maximum atomic E-state index is 12.3. The number of carbonyl (C=O) groups is 3. The summed E-state index contributed by atoms with van der Waals surface area (Å²) in [6.45, 7) is 5.12. The van der Waals surface area contributed by atoms with Crippen LogP contribution < -0.4 is 5.32 Å². The van der Waals surface area contributed by atoms with Gasteiger partial charge in [0, 0.05) is 43.9 Å². The first kappa shape index (κ1) is 18.1. The molecule has 1 rings (SSSR count). The second kappa shape index (κ2) is 8.47. The number of rotatable bonds is 8. The molecular weight excluding hydrogens is 306 g/mol. The van der Waals surface area contributed by atoms with Crippen molar-refractivity contribution in [1.29, 1.82) is 0 Å². The lowest BCUT2D eigenvalue weighted by molar-refractivity contribution is -0.149. The Bertz CT molecular complexity index is 544. The van der Waals surface area contributed by atoms with Crippen LogP contribution in [-0.4, -0.2) is 51.9 Å². The Morgan fingerprint density at radius 1 is 1.45 bits per heavy atom. The average molecular weight is 327 g/mol. The molecule has 1 unspecified atom stereocenters. The number of hydrogen-bond donors (Lipinski definition) is 2. The van der Waals surface area contributed by atoms with Crippen LogP contribution in [-0.2, 0) is 20.8 Å². The molecule has 0 aliphatic heterocycles. The van der Waals surface area contributed by atoms with E-state index in [1.54, 1.807) is 0 Å². The molecule has 122 valence electrons. The van der Waals surface area contributed by atoms with Crippen molar-refractivity contribution >= 4 is 29.1 Å². The molecule has 8 heteroatoms. The van der Waals surface area contributed by atoms with Crippen molar-refractivity contribution in [2.24, 2.45) is 0 Å². The standard InChI is InChI=1S/C14H21N3O4S/c1-9-8-22-12(16-9)4-5-13(19)17(10(2)14(20)21)7-6-15-11(3)18/h8,10H,4-7H2,1-3H3,(H,15,18)(H,20,21). The van der Waals surface area contributed by atoms with Crippen LogP contribution in [0.1, 0.15) is 31.0 Å². The smallest absolute Gasteiger partial charge is 0.326 e. The van der Waals surface area contributed by atoms with Gasteiger partial charge in [-0.05, 0) is 13.8 Å². The lowest BCUT2D eigenvalue weighted by atomic mass is 10.2. The van der Waals surface area contributed by atoms with E-state index in [0.717, 1.165) is 10.7 Å². The molecule has 0 aliphatic carbocycles. The summed E-state index contributed by atoms with van der Waals surface area (Å²) in [7, 11) is 0. The second-order valence-corrected chi connectivity index (χ2v) is 5.91. The Kier molecular flexibility index (Phi) is 6.97. The van der Waals surface area contributed by atoms with Crippen LogP contribution in [0.5, 0.6) is 0 Å². The quantitative estimate of drug-likeness (QED) is 0.736. The molecule has 2 N–H and O–H groups in total. The fraction of sp³-hybridized carbons (Fsp3) is 0.571. The first-order valence-electron chi connectivity index (χ1n) is 6.99. The molecule has 0 spiro atoms. The molecule has 0 aliphatic rings. The molecule has 0 bridgehead atoms. The molecule has 1 aromatic heterocycles. The van der Waals surface area contributed by atoms with Crippen LogP contribution in [0.25, 0.3) is 0 Å². The number of aryl methyl sites for hydroxylation is 2. The summed E-state index contributed by atoms with van der Waals surface area (Å²) in [5.74, 6) is -1.54. The highest BCUT2D eigenvalue weighted by Gasteiger charge is 2.25. The van der Waals surface area contributed by atoms with Gasteiger partial charge in [0.2, 0.25) is 11.8 Å². The van der Waals surface area contributed by atoms with Gasteiger partial charge in [0.15, 0.2) is 0 Å². The zero-order valence-corrected chi connectivity index (χ0v) is 13.8. The minimum absolute atomic E-state index is 0.169. The van der Waals surface area contributed by atoms with Gasteiger partial charge < -0.3 is 15.3 Å². The van der Waals surface area contributed by atoms with Gasteiger partial charge in [0.05, 0.1) is 5.01 Å². The molecule has 0 fully saturated rings. The molecule has 1 heterocycles. The highest BCUT2D eigenvalue weighted by Crippen LogP contribution is 2.12. The summed E-state index contributed by atoms with van der Waals surface area (Å²) >= 11 is 1.48. The van der Waals surface area contributed by atoms with E-state index in [0.29, 0.717) is 6.42 Å². The van der Waals surface area contributed by atoms with Crippen LogP contribution in [0.4, 0.5) is 0 Å². The van der Waals surface area contributed by atoms with E-state index < -0.39 is 12.0 Å². The molecule has 7 nitrogen and oxygen atoms in total. The number of thiazole rings is 1. The van der Waals surface area contributed by atoms with E-state index in [1.165, 1.54) is 30.1 Å². The third kappa shape index (κ3) is 5.80. The van der Waals surface area contributed by atoms with E-state index >= 15 is 0 Å². The Morgan fingerprint density at radius 2 is 2.14 bits per heavy atom. The highest BCUT2D eigenvalue weighted by molar-refractivity contribution is 7.09. The summed E-state index contributed by atoms with van der Waals surface area (Å²) in [5.41, 5.74) is 0.911. The van der Waals surface area contributed by atoms with E-state index in [2.05, 4.69) is 10.3 Å². The number of carbonyl (C=O) groups excluding carboxylic acids is 2. The van der Waals surface area contributed by atoms with Gasteiger partial charge in [-0.15, -0.1) is 11.3 Å². The monoisotopic (exact) mass is 327 g/mol. The SMILES string of the molecule is CC(=O)NCCN(C(=O)CCc1nc(C)cs1)C(C)C(=O)O. The molecule has 1 atom stereocenters. The number of hydrogen-bond acceptors (Lipinski definition) is 5. The van der Waals surface area contributed by atoms with Crippen molar-refractivity contribution in [2.45, 2.75) is 39.7 Å². The first-order valence-corrected chi connectivity index (χ1v) is 7.87. The predicted octanol–water partition coefficient (Wildman–Crippen LogP) is 0.822. The van der Waals surface area contributed by atoms with Gasteiger partial charge in [-0.25, -0.2) is 9.78 Å². The van der Waals surface area contributed by atoms with Crippen LogP contribution in [0, 0.1) is 6.92 Å². The molecular formula is C14H21N3O4S. The Balaban J connectivity index is 2.61. The van der Waals surface area contributed by atoms with E-state index in [-0.39, 0.29) is 31.3 Å². The Labute approximate surface area is 133 Å². The molecule has 0 saturated carbocycles. The van der Waals surface area contributed by atoms with E-state index in [1.807, 2.05) is 12.3 Å². The fourth-order valence-corrected chi connectivity index (χ4v) is 2.67. The third-order valence-corrected chi connectivity index (χ3v) is 4.12. The second-order valence-electron chi connectivity index (χ2n) is 4.97. The van der Waals surface area contributed by atoms with Gasteiger partial charge in [0.1, 0.15) is 6.04 Å².